The van der Waals surface area contributed by atoms with E-state index in [2.05, 4.69) is 20.4 Å². The third-order valence-electron chi connectivity index (χ3n) is 4.12. The van der Waals surface area contributed by atoms with E-state index in [1.165, 1.54) is 6.92 Å². The van der Waals surface area contributed by atoms with Crippen LogP contribution in [0.5, 0.6) is 0 Å². The molecule has 2 aromatic heterocycles. The zero-order valence-electron chi connectivity index (χ0n) is 15.0. The van der Waals surface area contributed by atoms with Crippen LogP contribution < -0.4 is 5.32 Å². The number of esters is 1. The molecule has 134 valence electrons. The number of carbonyl (C=O) groups is 2. The number of aromatic nitrogens is 4. The van der Waals surface area contributed by atoms with Gasteiger partial charge in [0.2, 0.25) is 0 Å². The zero-order chi connectivity index (χ0) is 18.8. The van der Waals surface area contributed by atoms with Crippen molar-refractivity contribution in [3.05, 3.63) is 47.5 Å². The van der Waals surface area contributed by atoms with Gasteiger partial charge < -0.3 is 10.1 Å². The van der Waals surface area contributed by atoms with E-state index in [0.29, 0.717) is 28.0 Å². The summed E-state index contributed by atoms with van der Waals surface area (Å²) in [5.74, 6) is -1.02. The number of amides is 1. The van der Waals surface area contributed by atoms with Gasteiger partial charge in [0.25, 0.3) is 5.91 Å². The van der Waals surface area contributed by atoms with E-state index in [1.54, 1.807) is 49.2 Å². The Morgan fingerprint density at radius 3 is 2.50 bits per heavy atom. The average molecular weight is 353 g/mol. The second kappa shape index (κ2) is 6.91. The molecule has 0 saturated carbocycles. The molecule has 1 aromatic carbocycles. The van der Waals surface area contributed by atoms with Crippen molar-refractivity contribution in [1.29, 1.82) is 0 Å². The third kappa shape index (κ3) is 3.39. The zero-order valence-corrected chi connectivity index (χ0v) is 15.0. The second-order valence-electron chi connectivity index (χ2n) is 5.97. The lowest BCUT2D eigenvalue weighted by Gasteiger charge is -2.14. The Morgan fingerprint density at radius 1 is 1.15 bits per heavy atom. The van der Waals surface area contributed by atoms with Crippen molar-refractivity contribution in [2.45, 2.75) is 26.9 Å². The lowest BCUT2D eigenvalue weighted by Crippen LogP contribution is -2.30. The molecule has 0 spiro atoms. The standard InChI is InChI=1S/C18H19N5O3/c1-10-16(11(2)23(4)22-10)21-17(24)12(3)26-18(25)13-5-6-14-15(9-13)20-8-7-19-14/h5-9,12H,1-4H3,(H,21,24)/t12-/m0/s1. The lowest BCUT2D eigenvalue weighted by molar-refractivity contribution is -0.123. The number of nitrogens with zero attached hydrogens (tertiary/aromatic N) is 4. The molecule has 26 heavy (non-hydrogen) atoms. The Balaban J connectivity index is 1.70. The number of ether oxygens (including phenoxy) is 1. The van der Waals surface area contributed by atoms with Crippen LogP contribution >= 0.6 is 0 Å². The maximum absolute atomic E-state index is 12.4. The normalized spacial score (nSPS) is 12.0. The fourth-order valence-corrected chi connectivity index (χ4v) is 2.55. The number of fused-ring (bicyclic) bond motifs is 1. The molecule has 0 fully saturated rings. The third-order valence-corrected chi connectivity index (χ3v) is 4.12. The quantitative estimate of drug-likeness (QED) is 0.722. The van der Waals surface area contributed by atoms with E-state index >= 15 is 0 Å². The van der Waals surface area contributed by atoms with Gasteiger partial charge in [-0.3, -0.25) is 19.4 Å². The number of nitrogens with one attached hydrogen (secondary N) is 1. The number of benzene rings is 1. The topological polar surface area (TPSA) is 99.0 Å². The Labute approximate surface area is 150 Å². The van der Waals surface area contributed by atoms with Crippen LogP contribution in [-0.2, 0) is 16.6 Å². The maximum atomic E-state index is 12.4. The molecule has 3 aromatic rings. The van der Waals surface area contributed by atoms with Gasteiger partial charge in [-0.15, -0.1) is 0 Å². The monoisotopic (exact) mass is 353 g/mol. The first-order valence-corrected chi connectivity index (χ1v) is 8.09. The van der Waals surface area contributed by atoms with Gasteiger partial charge in [0.1, 0.15) is 0 Å². The Kier molecular flexibility index (Phi) is 4.66. The van der Waals surface area contributed by atoms with Gasteiger partial charge in [0, 0.05) is 19.4 Å². The molecule has 0 unspecified atom stereocenters. The molecule has 0 aliphatic rings. The summed E-state index contributed by atoms with van der Waals surface area (Å²) in [4.78, 5) is 33.0. The van der Waals surface area contributed by atoms with Crippen LogP contribution in [0.3, 0.4) is 0 Å². The van der Waals surface area contributed by atoms with Gasteiger partial charge in [-0.1, -0.05) is 0 Å². The molecule has 8 heteroatoms. The van der Waals surface area contributed by atoms with Gasteiger partial charge in [-0.25, -0.2) is 4.79 Å². The molecule has 0 aliphatic carbocycles. The minimum Gasteiger partial charge on any atom is -0.449 e. The molecule has 0 bridgehead atoms. The number of rotatable bonds is 4. The summed E-state index contributed by atoms with van der Waals surface area (Å²) in [6.45, 7) is 5.17. The first kappa shape index (κ1) is 17.5. The summed E-state index contributed by atoms with van der Waals surface area (Å²) in [6, 6.07) is 4.87. The molecule has 3 rings (SSSR count). The maximum Gasteiger partial charge on any atom is 0.338 e. The van der Waals surface area contributed by atoms with E-state index in [9.17, 15) is 9.59 Å². The highest BCUT2D eigenvalue weighted by molar-refractivity contribution is 5.99. The molecule has 0 radical (unpaired) electrons. The van der Waals surface area contributed by atoms with E-state index in [4.69, 9.17) is 4.74 Å². The molecule has 1 atom stereocenters. The molecular weight excluding hydrogens is 334 g/mol. The number of aryl methyl sites for hydroxylation is 2. The molecule has 1 N–H and O–H groups in total. The minimum atomic E-state index is -0.959. The first-order chi connectivity index (χ1) is 12.4. The van der Waals surface area contributed by atoms with Crippen molar-refractivity contribution >= 4 is 28.6 Å². The Morgan fingerprint density at radius 2 is 1.85 bits per heavy atom. The van der Waals surface area contributed by atoms with Crippen LogP contribution in [0.2, 0.25) is 0 Å². The number of hydrogen-bond donors (Lipinski definition) is 1. The minimum absolute atomic E-state index is 0.311. The fraction of sp³-hybridized carbons (Fsp3) is 0.278. The Bertz CT molecular complexity index is 996. The predicted octanol–water partition coefficient (Wildman–Crippen LogP) is 2.16. The lowest BCUT2D eigenvalue weighted by atomic mass is 10.2. The van der Waals surface area contributed by atoms with Crippen LogP contribution in [0.1, 0.15) is 28.7 Å². The van der Waals surface area contributed by atoms with Gasteiger partial charge in [-0.2, -0.15) is 5.10 Å². The smallest absolute Gasteiger partial charge is 0.338 e. The Hall–Kier alpha value is -3.29. The van der Waals surface area contributed by atoms with Crippen LogP contribution in [0.15, 0.2) is 30.6 Å². The molecule has 1 amide bonds. The van der Waals surface area contributed by atoms with Crippen molar-refractivity contribution < 1.29 is 14.3 Å². The van der Waals surface area contributed by atoms with Crippen LogP contribution in [0.4, 0.5) is 5.69 Å². The summed E-state index contributed by atoms with van der Waals surface area (Å²) >= 11 is 0. The highest BCUT2D eigenvalue weighted by Gasteiger charge is 2.21. The van der Waals surface area contributed by atoms with E-state index in [-0.39, 0.29) is 0 Å². The van der Waals surface area contributed by atoms with Gasteiger partial charge in [0.15, 0.2) is 6.10 Å². The van der Waals surface area contributed by atoms with E-state index in [0.717, 1.165) is 5.69 Å². The van der Waals surface area contributed by atoms with E-state index in [1.807, 2.05) is 6.92 Å². The molecular formula is C18H19N5O3. The number of hydrogen-bond acceptors (Lipinski definition) is 6. The highest BCUT2D eigenvalue weighted by atomic mass is 16.5. The van der Waals surface area contributed by atoms with Crippen LogP contribution in [-0.4, -0.2) is 37.7 Å². The largest absolute Gasteiger partial charge is 0.449 e. The SMILES string of the molecule is Cc1nn(C)c(C)c1NC(=O)[C@H](C)OC(=O)c1ccc2nccnc2c1. The molecule has 0 aliphatic heterocycles. The van der Waals surface area contributed by atoms with E-state index < -0.39 is 18.0 Å². The van der Waals surface area contributed by atoms with Gasteiger partial charge in [-0.05, 0) is 39.0 Å². The van der Waals surface area contributed by atoms with Crippen molar-refractivity contribution in [3.8, 4) is 0 Å². The van der Waals surface area contributed by atoms with Crippen molar-refractivity contribution in [1.82, 2.24) is 19.7 Å². The summed E-state index contributed by atoms with van der Waals surface area (Å²) < 4.78 is 6.96. The summed E-state index contributed by atoms with van der Waals surface area (Å²) in [7, 11) is 1.80. The average Bonchev–Trinajstić information content (AvgIpc) is 2.87. The highest BCUT2D eigenvalue weighted by Crippen LogP contribution is 2.19. The van der Waals surface area contributed by atoms with Crippen molar-refractivity contribution in [2.24, 2.45) is 7.05 Å². The first-order valence-electron chi connectivity index (χ1n) is 8.09. The van der Waals surface area contributed by atoms with Crippen molar-refractivity contribution in [2.75, 3.05) is 5.32 Å². The fourth-order valence-electron chi connectivity index (χ4n) is 2.55. The van der Waals surface area contributed by atoms with Crippen LogP contribution in [0.25, 0.3) is 11.0 Å². The molecule has 8 nitrogen and oxygen atoms in total. The number of carbonyl (C=O) groups excluding carboxylic acids is 2. The predicted molar refractivity (Wildman–Crippen MR) is 95.7 cm³/mol. The molecule has 2 heterocycles. The summed E-state index contributed by atoms with van der Waals surface area (Å²) in [6.07, 6.45) is 2.17. The van der Waals surface area contributed by atoms with Crippen molar-refractivity contribution in [3.63, 3.8) is 0 Å². The number of anilines is 1. The van der Waals surface area contributed by atoms with Crippen LogP contribution in [0, 0.1) is 13.8 Å². The summed E-state index contributed by atoms with van der Waals surface area (Å²) in [5, 5.41) is 7.01. The van der Waals surface area contributed by atoms with Gasteiger partial charge in [0.05, 0.1) is 33.7 Å². The summed E-state index contributed by atoms with van der Waals surface area (Å²) in [5.41, 5.74) is 3.72. The second-order valence-corrected chi connectivity index (χ2v) is 5.97. The van der Waals surface area contributed by atoms with Gasteiger partial charge >= 0.3 is 5.97 Å². The molecule has 0 saturated heterocycles.